The Kier molecular flexibility index (Phi) is 6.37. The fourth-order valence-corrected chi connectivity index (χ4v) is 1.20. The molecule has 17 heavy (non-hydrogen) atoms. The van der Waals surface area contributed by atoms with E-state index in [1.165, 1.54) is 12.1 Å². The lowest BCUT2D eigenvalue weighted by Crippen LogP contribution is -2.41. The number of carbonyl (C=O) groups is 1. The van der Waals surface area contributed by atoms with Crippen molar-refractivity contribution < 1.29 is 13.6 Å². The van der Waals surface area contributed by atoms with Crippen LogP contribution in [0.15, 0.2) is 24.3 Å². The Bertz CT molecular complexity index is 388. The lowest BCUT2D eigenvalue weighted by Gasteiger charge is -2.14. The summed E-state index contributed by atoms with van der Waals surface area (Å²) in [5.74, 6) is -3.69. The van der Waals surface area contributed by atoms with Crippen molar-refractivity contribution in [2.45, 2.75) is 5.92 Å². The summed E-state index contributed by atoms with van der Waals surface area (Å²) in [5.41, 5.74) is 5.07. The molecule has 96 valence electrons. The van der Waals surface area contributed by atoms with Gasteiger partial charge >= 0.3 is 0 Å². The van der Waals surface area contributed by atoms with E-state index in [0.717, 1.165) is 0 Å². The number of hydrogen-bond donors (Lipinski definition) is 2. The molecule has 0 bridgehead atoms. The van der Waals surface area contributed by atoms with Crippen LogP contribution in [-0.2, 0) is 0 Å². The number of amides is 1. The highest BCUT2D eigenvalue weighted by molar-refractivity contribution is 6.30. The fraction of sp³-hybridized carbons (Fsp3) is 0.300. The van der Waals surface area contributed by atoms with E-state index in [1.807, 2.05) is 0 Å². The van der Waals surface area contributed by atoms with Gasteiger partial charge in [0, 0.05) is 10.6 Å². The summed E-state index contributed by atoms with van der Waals surface area (Å²) in [6, 6.07) is 6.05. The highest BCUT2D eigenvalue weighted by atomic mass is 35.5. The molecular weight excluding hydrogens is 273 g/mol. The van der Waals surface area contributed by atoms with Gasteiger partial charge in [-0.2, -0.15) is 0 Å². The highest BCUT2D eigenvalue weighted by Crippen LogP contribution is 2.12. The maximum absolute atomic E-state index is 12.7. The number of hydrogen-bond acceptors (Lipinski definition) is 2. The smallest absolute Gasteiger partial charge is 0.277 e. The van der Waals surface area contributed by atoms with Gasteiger partial charge in [-0.25, -0.2) is 8.78 Å². The first kappa shape index (κ1) is 16.1. The van der Waals surface area contributed by atoms with E-state index in [-0.39, 0.29) is 18.0 Å². The zero-order valence-electron chi connectivity index (χ0n) is 8.75. The molecule has 0 aromatic heterocycles. The molecule has 0 spiro atoms. The molecule has 1 aromatic rings. The van der Waals surface area contributed by atoms with Crippen LogP contribution in [0, 0.1) is 0 Å². The van der Waals surface area contributed by atoms with Crippen LogP contribution < -0.4 is 11.1 Å². The molecular formula is C10H12Cl2F2N2O. The van der Waals surface area contributed by atoms with Crippen molar-refractivity contribution in [2.75, 3.05) is 13.1 Å². The van der Waals surface area contributed by atoms with Crippen molar-refractivity contribution in [1.29, 1.82) is 0 Å². The predicted octanol–water partition coefficient (Wildman–Crippen LogP) is 2.09. The van der Waals surface area contributed by atoms with Gasteiger partial charge < -0.3 is 11.1 Å². The molecule has 0 saturated heterocycles. The quantitative estimate of drug-likeness (QED) is 0.890. The second kappa shape index (κ2) is 6.74. The largest absolute Gasteiger partial charge is 0.346 e. The number of benzene rings is 1. The summed E-state index contributed by atoms with van der Waals surface area (Å²) in [6.07, 6.45) is 0. The van der Waals surface area contributed by atoms with Crippen molar-refractivity contribution in [1.82, 2.24) is 5.32 Å². The summed E-state index contributed by atoms with van der Waals surface area (Å²) in [5, 5.41) is 2.46. The molecule has 1 amide bonds. The molecule has 1 rings (SSSR count). The first-order valence-corrected chi connectivity index (χ1v) is 4.94. The number of carbonyl (C=O) groups excluding carboxylic acids is 1. The number of nitrogens with one attached hydrogen (secondary N) is 1. The Hall–Kier alpha value is -0.910. The second-order valence-electron chi connectivity index (χ2n) is 3.25. The molecule has 1 aromatic carbocycles. The molecule has 7 heteroatoms. The predicted molar refractivity (Wildman–Crippen MR) is 65.0 cm³/mol. The van der Waals surface area contributed by atoms with E-state index in [9.17, 15) is 13.6 Å². The van der Waals surface area contributed by atoms with E-state index in [4.69, 9.17) is 17.3 Å². The zero-order valence-corrected chi connectivity index (χ0v) is 10.3. The van der Waals surface area contributed by atoms with Gasteiger partial charge in [-0.1, -0.05) is 17.7 Å². The standard InChI is InChI=1S/C10H11ClF2N2O.ClH/c11-8-3-1-2-7(4-8)9(16)15-6-10(12,13)5-14;/h1-4H,5-6,14H2,(H,15,16);1H. The molecule has 0 radical (unpaired) electrons. The van der Waals surface area contributed by atoms with E-state index in [2.05, 4.69) is 5.32 Å². The van der Waals surface area contributed by atoms with Gasteiger partial charge in [0.1, 0.15) is 0 Å². The molecule has 0 saturated carbocycles. The third kappa shape index (κ3) is 5.30. The first-order chi connectivity index (χ1) is 7.44. The fourth-order valence-electron chi connectivity index (χ4n) is 1.01. The Morgan fingerprint density at radius 1 is 1.47 bits per heavy atom. The van der Waals surface area contributed by atoms with Crippen molar-refractivity contribution in [3.63, 3.8) is 0 Å². The van der Waals surface area contributed by atoms with Gasteiger partial charge in [0.2, 0.25) is 0 Å². The number of alkyl halides is 2. The van der Waals surface area contributed by atoms with Gasteiger partial charge in [0.15, 0.2) is 0 Å². The Labute approximate surface area is 109 Å². The van der Waals surface area contributed by atoms with E-state index in [0.29, 0.717) is 5.02 Å². The van der Waals surface area contributed by atoms with Crippen molar-refractivity contribution in [3.05, 3.63) is 34.9 Å². The number of nitrogens with two attached hydrogens (primary N) is 1. The number of rotatable bonds is 4. The molecule has 0 aliphatic rings. The molecule has 0 aliphatic heterocycles. The first-order valence-electron chi connectivity index (χ1n) is 4.56. The SMILES string of the molecule is Cl.NCC(F)(F)CNC(=O)c1cccc(Cl)c1. The average molecular weight is 285 g/mol. The highest BCUT2D eigenvalue weighted by Gasteiger charge is 2.27. The lowest BCUT2D eigenvalue weighted by atomic mass is 10.2. The molecule has 0 aliphatic carbocycles. The average Bonchev–Trinajstić information content (AvgIpc) is 2.26. The van der Waals surface area contributed by atoms with E-state index in [1.54, 1.807) is 12.1 Å². The van der Waals surface area contributed by atoms with Crippen LogP contribution in [0.4, 0.5) is 8.78 Å². The zero-order chi connectivity index (χ0) is 12.2. The molecule has 0 heterocycles. The van der Waals surface area contributed by atoms with E-state index >= 15 is 0 Å². The third-order valence-corrected chi connectivity index (χ3v) is 2.13. The minimum absolute atomic E-state index is 0. The van der Waals surface area contributed by atoms with Crippen LogP contribution in [-0.4, -0.2) is 24.9 Å². The second-order valence-corrected chi connectivity index (χ2v) is 3.69. The molecule has 3 N–H and O–H groups in total. The molecule has 3 nitrogen and oxygen atoms in total. The van der Waals surface area contributed by atoms with Crippen molar-refractivity contribution in [3.8, 4) is 0 Å². The summed E-state index contributed by atoms with van der Waals surface area (Å²) in [7, 11) is 0. The van der Waals surface area contributed by atoms with Crippen LogP contribution in [0.1, 0.15) is 10.4 Å². The van der Waals surface area contributed by atoms with Gasteiger partial charge in [-0.3, -0.25) is 4.79 Å². The Morgan fingerprint density at radius 3 is 2.65 bits per heavy atom. The van der Waals surface area contributed by atoms with Gasteiger partial charge in [-0.15, -0.1) is 12.4 Å². The Balaban J connectivity index is 0.00000256. The lowest BCUT2D eigenvalue weighted by molar-refractivity contribution is 0.0118. The topological polar surface area (TPSA) is 55.1 Å². The van der Waals surface area contributed by atoms with Crippen LogP contribution in [0.2, 0.25) is 5.02 Å². The summed E-state index contributed by atoms with van der Waals surface area (Å²) in [6.45, 7) is -1.59. The normalized spacial score (nSPS) is 10.6. The Morgan fingerprint density at radius 2 is 2.12 bits per heavy atom. The minimum Gasteiger partial charge on any atom is -0.346 e. The minimum atomic E-state index is -3.09. The third-order valence-electron chi connectivity index (χ3n) is 1.89. The van der Waals surface area contributed by atoms with E-state index < -0.39 is 24.9 Å². The van der Waals surface area contributed by atoms with Crippen molar-refractivity contribution >= 4 is 29.9 Å². The van der Waals surface area contributed by atoms with Crippen molar-refractivity contribution in [2.24, 2.45) is 5.73 Å². The van der Waals surface area contributed by atoms with Crippen LogP contribution in [0.3, 0.4) is 0 Å². The maximum Gasteiger partial charge on any atom is 0.277 e. The summed E-state index contributed by atoms with van der Waals surface area (Å²) >= 11 is 5.66. The summed E-state index contributed by atoms with van der Waals surface area (Å²) in [4.78, 5) is 11.4. The van der Waals surface area contributed by atoms with Crippen LogP contribution in [0.25, 0.3) is 0 Å². The van der Waals surface area contributed by atoms with Gasteiger partial charge in [0.05, 0.1) is 13.1 Å². The van der Waals surface area contributed by atoms with Gasteiger partial charge in [-0.05, 0) is 18.2 Å². The van der Waals surface area contributed by atoms with Gasteiger partial charge in [0.25, 0.3) is 11.8 Å². The maximum atomic E-state index is 12.7. The molecule has 0 fully saturated rings. The van der Waals surface area contributed by atoms with Crippen LogP contribution in [0.5, 0.6) is 0 Å². The molecule has 0 atom stereocenters. The molecule has 0 unspecified atom stereocenters. The number of halogens is 4. The van der Waals surface area contributed by atoms with Crippen LogP contribution >= 0.6 is 24.0 Å². The summed E-state index contributed by atoms with van der Waals surface area (Å²) < 4.78 is 25.5. The monoisotopic (exact) mass is 284 g/mol.